The number of hydrogen-bond donors (Lipinski definition) is 1. The van der Waals surface area contributed by atoms with Crippen LogP contribution in [0.2, 0.25) is 0 Å². The lowest BCUT2D eigenvalue weighted by atomic mass is 9.86. The molecule has 1 fully saturated rings. The molecular weight excluding hydrogens is 323 g/mol. The standard InChI is InChI=1S/C17H22F3NO3/c1-16(2,3)24-15(23)21-8-7-13(14(22)10-21)11-5-4-6-12(9-11)17(18,19)20/h4-6,9,13-14,22H,7-8,10H2,1-3H3/t13-,14-/m1/s1. The number of hydrogen-bond acceptors (Lipinski definition) is 3. The van der Waals surface area contributed by atoms with Crippen molar-refractivity contribution in [3.8, 4) is 0 Å². The molecule has 1 N–H and O–H groups in total. The molecule has 1 heterocycles. The summed E-state index contributed by atoms with van der Waals surface area (Å²) < 4.78 is 43.7. The molecule has 2 atom stereocenters. The molecule has 24 heavy (non-hydrogen) atoms. The molecule has 0 spiro atoms. The van der Waals surface area contributed by atoms with Crippen LogP contribution in [-0.4, -0.2) is 40.9 Å². The number of aliphatic hydroxyl groups is 1. The third-order valence-corrected chi connectivity index (χ3v) is 3.88. The van der Waals surface area contributed by atoms with Crippen molar-refractivity contribution >= 4 is 6.09 Å². The number of aliphatic hydroxyl groups excluding tert-OH is 1. The maximum atomic E-state index is 12.8. The topological polar surface area (TPSA) is 49.8 Å². The SMILES string of the molecule is CC(C)(C)OC(=O)N1CC[C@H](c2cccc(C(F)(F)F)c2)[C@H](O)C1. The Hall–Kier alpha value is -1.76. The first-order valence-corrected chi connectivity index (χ1v) is 7.80. The zero-order valence-corrected chi connectivity index (χ0v) is 13.9. The van der Waals surface area contributed by atoms with Gasteiger partial charge in [-0.2, -0.15) is 13.2 Å². The van der Waals surface area contributed by atoms with Crippen LogP contribution in [0.15, 0.2) is 24.3 Å². The quantitative estimate of drug-likeness (QED) is 0.842. The van der Waals surface area contributed by atoms with E-state index < -0.39 is 35.5 Å². The van der Waals surface area contributed by atoms with Crippen LogP contribution in [0.1, 0.15) is 44.2 Å². The second kappa shape index (κ2) is 6.63. The smallest absolute Gasteiger partial charge is 0.416 e. The molecule has 1 aromatic carbocycles. The van der Waals surface area contributed by atoms with Crippen LogP contribution in [-0.2, 0) is 10.9 Å². The number of ether oxygens (including phenoxy) is 1. The zero-order valence-electron chi connectivity index (χ0n) is 13.9. The maximum absolute atomic E-state index is 12.8. The third-order valence-electron chi connectivity index (χ3n) is 3.88. The van der Waals surface area contributed by atoms with E-state index in [2.05, 4.69) is 0 Å². The number of nitrogens with zero attached hydrogens (tertiary/aromatic N) is 1. The summed E-state index contributed by atoms with van der Waals surface area (Å²) in [5.74, 6) is -0.439. The van der Waals surface area contributed by atoms with Crippen LogP contribution in [0.5, 0.6) is 0 Å². The van der Waals surface area contributed by atoms with Gasteiger partial charge in [0.05, 0.1) is 18.2 Å². The Morgan fingerprint density at radius 3 is 2.50 bits per heavy atom. The van der Waals surface area contributed by atoms with Crippen molar-refractivity contribution in [2.45, 2.75) is 51.0 Å². The normalized spacial score (nSPS) is 22.4. The Labute approximate surface area is 139 Å². The van der Waals surface area contributed by atoms with Gasteiger partial charge in [-0.3, -0.25) is 0 Å². The Kier molecular flexibility index (Phi) is 5.13. The van der Waals surface area contributed by atoms with Gasteiger partial charge < -0.3 is 14.7 Å². The molecule has 1 amide bonds. The zero-order chi connectivity index (χ0) is 18.1. The summed E-state index contributed by atoms with van der Waals surface area (Å²) in [5.41, 5.74) is -0.942. The lowest BCUT2D eigenvalue weighted by molar-refractivity contribution is -0.137. The highest BCUT2D eigenvalue weighted by Gasteiger charge is 2.35. The molecule has 1 aliphatic rings. The first-order chi connectivity index (χ1) is 11.0. The van der Waals surface area contributed by atoms with Crippen molar-refractivity contribution in [1.29, 1.82) is 0 Å². The first kappa shape index (κ1) is 18.6. The van der Waals surface area contributed by atoms with E-state index >= 15 is 0 Å². The van der Waals surface area contributed by atoms with Crippen molar-refractivity contribution < 1.29 is 27.8 Å². The Bertz CT molecular complexity index is 595. The van der Waals surface area contributed by atoms with Crippen molar-refractivity contribution in [3.63, 3.8) is 0 Å². The van der Waals surface area contributed by atoms with Gasteiger partial charge in [0, 0.05) is 12.5 Å². The predicted molar refractivity (Wildman–Crippen MR) is 82.6 cm³/mol. The number of carbonyl (C=O) groups is 1. The summed E-state index contributed by atoms with van der Waals surface area (Å²) in [6.07, 6.45) is -5.50. The lowest BCUT2D eigenvalue weighted by Crippen LogP contribution is -2.47. The van der Waals surface area contributed by atoms with Crippen LogP contribution in [0, 0.1) is 0 Å². The van der Waals surface area contributed by atoms with Crippen molar-refractivity contribution in [2.24, 2.45) is 0 Å². The predicted octanol–water partition coefficient (Wildman–Crippen LogP) is 3.79. The van der Waals surface area contributed by atoms with E-state index in [-0.39, 0.29) is 6.54 Å². The van der Waals surface area contributed by atoms with E-state index in [9.17, 15) is 23.1 Å². The fourth-order valence-corrected chi connectivity index (χ4v) is 2.76. The van der Waals surface area contributed by atoms with Gasteiger partial charge in [-0.1, -0.05) is 18.2 Å². The number of benzene rings is 1. The number of alkyl halides is 3. The molecule has 0 saturated carbocycles. The van der Waals surface area contributed by atoms with Crippen molar-refractivity contribution in [1.82, 2.24) is 4.90 Å². The Balaban J connectivity index is 2.08. The molecule has 1 aromatic rings. The second-order valence-electron chi connectivity index (χ2n) is 7.01. The average Bonchev–Trinajstić information content (AvgIpc) is 2.44. The van der Waals surface area contributed by atoms with Crippen LogP contribution < -0.4 is 0 Å². The summed E-state index contributed by atoms with van der Waals surface area (Å²) in [4.78, 5) is 13.4. The second-order valence-corrected chi connectivity index (χ2v) is 7.01. The van der Waals surface area contributed by atoms with Gasteiger partial charge in [-0.25, -0.2) is 4.79 Å². The van der Waals surface area contributed by atoms with Crippen LogP contribution in [0.3, 0.4) is 0 Å². The van der Waals surface area contributed by atoms with Gasteiger partial charge in [0.1, 0.15) is 5.60 Å². The molecular formula is C17H22F3NO3. The fraction of sp³-hybridized carbons (Fsp3) is 0.588. The van der Waals surface area contributed by atoms with Crippen LogP contribution in [0.4, 0.5) is 18.0 Å². The van der Waals surface area contributed by atoms with Crippen molar-refractivity contribution in [3.05, 3.63) is 35.4 Å². The third kappa shape index (κ3) is 4.63. The van der Waals surface area contributed by atoms with Crippen LogP contribution >= 0.6 is 0 Å². The minimum absolute atomic E-state index is 0.0375. The van der Waals surface area contributed by atoms with E-state index in [0.29, 0.717) is 18.5 Å². The maximum Gasteiger partial charge on any atom is 0.416 e. The minimum atomic E-state index is -4.42. The molecule has 0 radical (unpaired) electrons. The number of halogens is 3. The minimum Gasteiger partial charge on any atom is -0.444 e. The van der Waals surface area contributed by atoms with E-state index in [1.807, 2.05) is 0 Å². The lowest BCUT2D eigenvalue weighted by Gasteiger charge is -2.37. The van der Waals surface area contributed by atoms with E-state index in [0.717, 1.165) is 12.1 Å². The number of β-amino-alcohol motifs (C(OH)–C–C–N with tert-alkyl or cyclic N) is 1. The van der Waals surface area contributed by atoms with E-state index in [4.69, 9.17) is 4.74 Å². The summed E-state index contributed by atoms with van der Waals surface area (Å²) in [7, 11) is 0. The van der Waals surface area contributed by atoms with Crippen LogP contribution in [0.25, 0.3) is 0 Å². The number of likely N-dealkylation sites (tertiary alicyclic amines) is 1. The molecule has 1 aliphatic heterocycles. The first-order valence-electron chi connectivity index (χ1n) is 7.80. The molecule has 7 heteroatoms. The van der Waals surface area contributed by atoms with Gasteiger partial charge in [0.2, 0.25) is 0 Å². The van der Waals surface area contributed by atoms with Gasteiger partial charge in [-0.15, -0.1) is 0 Å². The van der Waals surface area contributed by atoms with Crippen molar-refractivity contribution in [2.75, 3.05) is 13.1 Å². The highest BCUT2D eigenvalue weighted by Crippen LogP contribution is 2.34. The average molecular weight is 345 g/mol. The largest absolute Gasteiger partial charge is 0.444 e. The van der Waals surface area contributed by atoms with E-state index in [1.54, 1.807) is 26.8 Å². The van der Waals surface area contributed by atoms with Gasteiger partial charge in [-0.05, 0) is 38.8 Å². The van der Waals surface area contributed by atoms with Gasteiger partial charge in [0.15, 0.2) is 0 Å². The molecule has 4 nitrogen and oxygen atoms in total. The summed E-state index contributed by atoms with van der Waals surface area (Å²) in [6.45, 7) is 5.60. The number of rotatable bonds is 1. The summed E-state index contributed by atoms with van der Waals surface area (Å²) in [6, 6.07) is 4.99. The molecule has 1 saturated heterocycles. The number of amides is 1. The Morgan fingerprint density at radius 1 is 1.29 bits per heavy atom. The molecule has 134 valence electrons. The fourth-order valence-electron chi connectivity index (χ4n) is 2.76. The number of carbonyl (C=O) groups excluding carboxylic acids is 1. The Morgan fingerprint density at radius 2 is 1.96 bits per heavy atom. The molecule has 0 aliphatic carbocycles. The van der Waals surface area contributed by atoms with Gasteiger partial charge >= 0.3 is 12.3 Å². The highest BCUT2D eigenvalue weighted by atomic mass is 19.4. The molecule has 0 bridgehead atoms. The summed E-state index contributed by atoms with van der Waals surface area (Å²) in [5, 5.41) is 10.3. The molecule has 2 rings (SSSR count). The number of piperidine rings is 1. The highest BCUT2D eigenvalue weighted by molar-refractivity contribution is 5.68. The molecule has 0 aromatic heterocycles. The van der Waals surface area contributed by atoms with Gasteiger partial charge in [0.25, 0.3) is 0 Å². The summed E-state index contributed by atoms with van der Waals surface area (Å²) >= 11 is 0. The molecule has 0 unspecified atom stereocenters. The van der Waals surface area contributed by atoms with E-state index in [1.165, 1.54) is 11.0 Å². The monoisotopic (exact) mass is 345 g/mol.